The number of amides is 1. The van der Waals surface area contributed by atoms with E-state index >= 15 is 0 Å². The summed E-state index contributed by atoms with van der Waals surface area (Å²) in [6, 6.07) is 13.6. The van der Waals surface area contributed by atoms with E-state index in [1.165, 1.54) is 17.0 Å². The monoisotopic (exact) mass is 452 g/mol. The third kappa shape index (κ3) is 4.12. The van der Waals surface area contributed by atoms with Gasteiger partial charge < -0.3 is 14.7 Å². The van der Waals surface area contributed by atoms with Gasteiger partial charge in [-0.3, -0.25) is 4.72 Å². The number of rotatable bonds is 5. The second kappa shape index (κ2) is 7.74. The molecule has 2 N–H and O–H groups in total. The highest BCUT2D eigenvalue weighted by molar-refractivity contribution is 7.94. The first-order valence-electron chi connectivity index (χ1n) is 8.78. The van der Waals surface area contributed by atoms with Crippen molar-refractivity contribution >= 4 is 55.5 Å². The molecule has 1 fully saturated rings. The summed E-state index contributed by atoms with van der Waals surface area (Å²) >= 11 is 6.85. The number of fused-ring (bicyclic) bond motifs is 1. The topological polar surface area (TPSA) is 95.9 Å². The fourth-order valence-electron chi connectivity index (χ4n) is 3.28. The van der Waals surface area contributed by atoms with Gasteiger partial charge in [0.05, 0.1) is 16.6 Å². The predicted octanol–water partition coefficient (Wildman–Crippen LogP) is 4.49. The van der Waals surface area contributed by atoms with Crippen molar-refractivity contribution in [2.45, 2.75) is 16.7 Å². The summed E-state index contributed by atoms with van der Waals surface area (Å²) in [7, 11) is -3.76. The number of hydrogen-bond donors (Lipinski definition) is 2. The Morgan fingerprint density at radius 2 is 1.93 bits per heavy atom. The van der Waals surface area contributed by atoms with E-state index < -0.39 is 16.1 Å². The van der Waals surface area contributed by atoms with Crippen molar-refractivity contribution in [3.05, 3.63) is 52.9 Å². The normalized spacial score (nSPS) is 16.9. The minimum atomic E-state index is -3.76. The van der Waals surface area contributed by atoms with Crippen molar-refractivity contribution in [2.24, 2.45) is 0 Å². The van der Waals surface area contributed by atoms with Crippen molar-refractivity contribution in [1.82, 2.24) is 4.90 Å². The molecule has 1 aliphatic heterocycles. The first-order valence-corrected chi connectivity index (χ1v) is 11.5. The maximum Gasteiger partial charge on any atom is 0.407 e. The summed E-state index contributed by atoms with van der Waals surface area (Å²) in [5.74, 6) is 0.583. The Bertz CT molecular complexity index is 1180. The standard InChI is InChI=1S/C19H17ClN2O5S2/c20-17-7-8-18(28-17)29(25,26)21-15-5-6-16(14-4-2-1-3-13(14)15)27-12-9-10-22(11-12)19(23)24/h1-8,12,21H,9-11H2,(H,23,24). The lowest BCUT2D eigenvalue weighted by molar-refractivity contribution is 0.146. The zero-order valence-electron chi connectivity index (χ0n) is 15.0. The number of sulfonamides is 1. The number of nitrogens with zero attached hydrogens (tertiary/aromatic N) is 1. The van der Waals surface area contributed by atoms with E-state index in [1.807, 2.05) is 18.2 Å². The van der Waals surface area contributed by atoms with Crippen LogP contribution in [0.1, 0.15) is 6.42 Å². The Kier molecular flexibility index (Phi) is 5.28. The third-order valence-electron chi connectivity index (χ3n) is 4.65. The zero-order valence-corrected chi connectivity index (χ0v) is 17.4. The number of anilines is 1. The zero-order chi connectivity index (χ0) is 20.6. The van der Waals surface area contributed by atoms with Gasteiger partial charge in [0.2, 0.25) is 0 Å². The molecule has 4 rings (SSSR count). The highest BCUT2D eigenvalue weighted by Crippen LogP contribution is 2.35. The van der Waals surface area contributed by atoms with Gasteiger partial charge in [-0.25, -0.2) is 13.2 Å². The first-order chi connectivity index (χ1) is 13.8. The van der Waals surface area contributed by atoms with Gasteiger partial charge in [-0.2, -0.15) is 0 Å². The van der Waals surface area contributed by atoms with E-state index in [-0.39, 0.29) is 10.3 Å². The number of nitrogens with one attached hydrogen (secondary N) is 1. The lowest BCUT2D eigenvalue weighted by atomic mass is 10.1. The Balaban J connectivity index is 1.63. The molecule has 29 heavy (non-hydrogen) atoms. The third-order valence-corrected chi connectivity index (χ3v) is 7.74. The van der Waals surface area contributed by atoms with Crippen molar-refractivity contribution in [3.8, 4) is 5.75 Å². The fraction of sp³-hybridized carbons (Fsp3) is 0.211. The lowest BCUT2D eigenvalue weighted by Gasteiger charge is -2.17. The Labute approximate surface area is 176 Å². The van der Waals surface area contributed by atoms with Crippen LogP contribution in [0.15, 0.2) is 52.7 Å². The molecule has 7 nitrogen and oxygen atoms in total. The number of carbonyl (C=O) groups is 1. The predicted molar refractivity (Wildman–Crippen MR) is 113 cm³/mol. The molecule has 1 amide bonds. The maximum atomic E-state index is 12.7. The second-order valence-corrected chi connectivity index (χ2v) is 10.2. The van der Waals surface area contributed by atoms with Crippen molar-refractivity contribution in [2.75, 3.05) is 17.8 Å². The molecule has 1 saturated heterocycles. The number of likely N-dealkylation sites (tertiary alicyclic amines) is 1. The average molecular weight is 453 g/mol. The summed E-state index contributed by atoms with van der Waals surface area (Å²) in [5, 5.41) is 10.5. The van der Waals surface area contributed by atoms with Crippen LogP contribution in [0, 0.1) is 0 Å². The van der Waals surface area contributed by atoms with Crippen molar-refractivity contribution in [1.29, 1.82) is 0 Å². The van der Waals surface area contributed by atoms with E-state index in [9.17, 15) is 13.2 Å². The molecule has 10 heteroatoms. The van der Waals surface area contributed by atoms with E-state index in [1.54, 1.807) is 18.2 Å². The molecule has 0 radical (unpaired) electrons. The van der Waals surface area contributed by atoms with Crippen LogP contribution in [0.3, 0.4) is 0 Å². The van der Waals surface area contributed by atoms with E-state index in [0.29, 0.717) is 40.7 Å². The SMILES string of the molecule is O=C(O)N1CCC(Oc2ccc(NS(=O)(=O)c3ccc(Cl)s3)c3ccccc23)C1. The van der Waals surface area contributed by atoms with Crippen LogP contribution in [0.25, 0.3) is 10.8 Å². The largest absolute Gasteiger partial charge is 0.488 e. The molecule has 0 saturated carbocycles. The van der Waals surface area contributed by atoms with Gasteiger partial charge in [0.1, 0.15) is 16.1 Å². The van der Waals surface area contributed by atoms with Crippen molar-refractivity contribution in [3.63, 3.8) is 0 Å². The molecule has 152 valence electrons. The summed E-state index contributed by atoms with van der Waals surface area (Å²) in [6.45, 7) is 0.733. The van der Waals surface area contributed by atoms with Gasteiger partial charge in [0, 0.05) is 23.7 Å². The van der Waals surface area contributed by atoms with Gasteiger partial charge in [-0.15, -0.1) is 11.3 Å². The van der Waals surface area contributed by atoms with Gasteiger partial charge in [-0.05, 0) is 24.3 Å². The molecule has 1 atom stereocenters. The number of halogens is 1. The number of hydrogen-bond acceptors (Lipinski definition) is 5. The molecule has 1 unspecified atom stereocenters. The van der Waals surface area contributed by atoms with Crippen LogP contribution in [0.4, 0.5) is 10.5 Å². The fourth-order valence-corrected chi connectivity index (χ4v) is 5.84. The van der Waals surface area contributed by atoms with Gasteiger partial charge >= 0.3 is 6.09 Å². The van der Waals surface area contributed by atoms with Gasteiger partial charge in [0.25, 0.3) is 10.0 Å². The van der Waals surface area contributed by atoms with Crippen LogP contribution in [0.2, 0.25) is 4.34 Å². The highest BCUT2D eigenvalue weighted by Gasteiger charge is 2.28. The number of thiophene rings is 1. The summed E-state index contributed by atoms with van der Waals surface area (Å²) in [6.07, 6.45) is -0.599. The van der Waals surface area contributed by atoms with E-state index in [4.69, 9.17) is 21.4 Å². The molecule has 1 aliphatic rings. The summed E-state index contributed by atoms with van der Waals surface area (Å²) in [4.78, 5) is 12.4. The van der Waals surface area contributed by atoms with Gasteiger partial charge in [-0.1, -0.05) is 35.9 Å². The van der Waals surface area contributed by atoms with Crippen LogP contribution in [-0.2, 0) is 10.0 Å². The average Bonchev–Trinajstić information content (AvgIpc) is 3.33. The molecular formula is C19H17ClN2O5S2. The van der Waals surface area contributed by atoms with Crippen LogP contribution in [-0.4, -0.2) is 43.7 Å². The second-order valence-electron chi connectivity index (χ2n) is 6.58. The molecule has 0 bridgehead atoms. The Morgan fingerprint density at radius 1 is 1.17 bits per heavy atom. The minimum Gasteiger partial charge on any atom is -0.488 e. The number of carboxylic acid groups (broad SMARTS) is 1. The quantitative estimate of drug-likeness (QED) is 0.594. The number of benzene rings is 2. The summed E-state index contributed by atoms with van der Waals surface area (Å²) < 4.78 is 34.5. The number of ether oxygens (including phenoxy) is 1. The Hall–Kier alpha value is -2.49. The minimum absolute atomic E-state index is 0.131. The van der Waals surface area contributed by atoms with E-state index in [0.717, 1.165) is 16.7 Å². The van der Waals surface area contributed by atoms with Crippen LogP contribution < -0.4 is 9.46 Å². The van der Waals surface area contributed by atoms with Crippen molar-refractivity contribution < 1.29 is 23.1 Å². The molecule has 2 heterocycles. The first kappa shape index (κ1) is 19.8. The van der Waals surface area contributed by atoms with Gasteiger partial charge in [0.15, 0.2) is 0 Å². The molecular weight excluding hydrogens is 436 g/mol. The summed E-state index contributed by atoms with van der Waals surface area (Å²) in [5.41, 5.74) is 0.427. The molecule has 2 aromatic carbocycles. The van der Waals surface area contributed by atoms with Crippen LogP contribution >= 0.6 is 22.9 Å². The Morgan fingerprint density at radius 3 is 2.59 bits per heavy atom. The highest BCUT2D eigenvalue weighted by atomic mass is 35.5. The molecule has 0 spiro atoms. The lowest BCUT2D eigenvalue weighted by Crippen LogP contribution is -2.29. The molecule has 3 aromatic rings. The molecule has 0 aliphatic carbocycles. The van der Waals surface area contributed by atoms with Crippen LogP contribution in [0.5, 0.6) is 5.75 Å². The maximum absolute atomic E-state index is 12.7. The van der Waals surface area contributed by atoms with E-state index in [2.05, 4.69) is 4.72 Å². The molecule has 1 aromatic heterocycles. The smallest absolute Gasteiger partial charge is 0.407 e.